The summed E-state index contributed by atoms with van der Waals surface area (Å²) in [5.74, 6) is 0.780. The molecule has 1 aliphatic heterocycles. The van der Waals surface area contributed by atoms with Gasteiger partial charge in [-0.15, -0.1) is 22.7 Å². The van der Waals surface area contributed by atoms with Crippen LogP contribution in [0.2, 0.25) is 0 Å². The fraction of sp³-hybridized carbons (Fsp3) is 0.522. The lowest BCUT2D eigenvalue weighted by atomic mass is 9.91. The fourth-order valence-corrected chi connectivity index (χ4v) is 5.49. The maximum atomic E-state index is 13.1. The number of piperidine rings is 1. The van der Waals surface area contributed by atoms with Crippen LogP contribution >= 0.6 is 22.7 Å². The van der Waals surface area contributed by atoms with Crippen molar-refractivity contribution >= 4 is 46.5 Å². The topological polar surface area (TPSA) is 59.4 Å². The van der Waals surface area contributed by atoms with Crippen LogP contribution in [0.4, 0.5) is 0 Å². The Hall–Kier alpha value is -1.99. The van der Waals surface area contributed by atoms with Crippen LogP contribution in [0.3, 0.4) is 0 Å². The monoisotopic (exact) mass is 446 g/mol. The number of nitrogens with zero attached hydrogens (tertiary/aromatic N) is 2. The summed E-state index contributed by atoms with van der Waals surface area (Å²) >= 11 is 2.82. The molecule has 5 nitrogen and oxygen atoms in total. The molecule has 0 N–H and O–H groups in total. The van der Waals surface area contributed by atoms with Crippen molar-refractivity contribution in [3.05, 3.63) is 41.9 Å². The Morgan fingerprint density at radius 1 is 1.20 bits per heavy atom. The lowest BCUT2D eigenvalue weighted by molar-refractivity contribution is -0.134. The number of hydrogen-bond acceptors (Lipinski definition) is 5. The maximum Gasteiger partial charge on any atom is 0.269 e. The normalized spacial score (nSPS) is 21.3. The van der Waals surface area contributed by atoms with E-state index in [1.165, 1.54) is 22.0 Å². The number of hydrogen-bond donors (Lipinski definition) is 0. The van der Waals surface area contributed by atoms with Gasteiger partial charge in [0.15, 0.2) is 5.78 Å². The summed E-state index contributed by atoms with van der Waals surface area (Å²) in [5.41, 5.74) is -0.766. The van der Waals surface area contributed by atoms with Crippen molar-refractivity contribution in [2.45, 2.75) is 47.6 Å². The van der Waals surface area contributed by atoms with Gasteiger partial charge in [0, 0.05) is 29.5 Å². The maximum absolute atomic E-state index is 13.1. The van der Waals surface area contributed by atoms with Gasteiger partial charge < -0.3 is 4.90 Å². The number of aromatic nitrogens is 1. The number of carbonyl (C=O) groups is 2. The SMILES string of the molecule is C[C@H]1C[C@H](C)CN(C(=O)Cn2c(=O)/c(=C\c3cccs3)s/c2=C\C(=O)C(C)(C)C)C1. The van der Waals surface area contributed by atoms with Crippen molar-refractivity contribution in [1.82, 2.24) is 9.47 Å². The molecule has 3 heterocycles. The molecule has 2 atom stereocenters. The van der Waals surface area contributed by atoms with Gasteiger partial charge in [-0.25, -0.2) is 0 Å². The molecule has 1 fully saturated rings. The molecule has 1 amide bonds. The van der Waals surface area contributed by atoms with E-state index in [1.54, 1.807) is 11.3 Å². The molecule has 2 aromatic rings. The highest BCUT2D eigenvalue weighted by atomic mass is 32.1. The summed E-state index contributed by atoms with van der Waals surface area (Å²) < 4.78 is 2.55. The second-order valence-electron chi connectivity index (χ2n) is 9.36. The Labute approximate surface area is 185 Å². The molecule has 7 heteroatoms. The van der Waals surface area contributed by atoms with Crippen LogP contribution in [0.15, 0.2) is 22.3 Å². The third-order valence-corrected chi connectivity index (χ3v) is 7.14. The number of carbonyl (C=O) groups excluding carboxylic acids is 2. The molecule has 1 aliphatic rings. The van der Waals surface area contributed by atoms with Gasteiger partial charge in [0.25, 0.3) is 5.56 Å². The van der Waals surface area contributed by atoms with E-state index in [4.69, 9.17) is 0 Å². The van der Waals surface area contributed by atoms with Gasteiger partial charge in [-0.1, -0.05) is 40.7 Å². The van der Waals surface area contributed by atoms with Crippen molar-refractivity contribution in [2.75, 3.05) is 13.1 Å². The molecular formula is C23H30N2O3S2. The summed E-state index contributed by atoms with van der Waals surface area (Å²) in [6.07, 6.45) is 4.47. The van der Waals surface area contributed by atoms with Crippen molar-refractivity contribution < 1.29 is 9.59 Å². The Morgan fingerprint density at radius 2 is 1.87 bits per heavy atom. The van der Waals surface area contributed by atoms with Crippen molar-refractivity contribution in [3.8, 4) is 0 Å². The van der Waals surface area contributed by atoms with Crippen molar-refractivity contribution in [2.24, 2.45) is 17.3 Å². The Balaban J connectivity index is 2.02. The molecule has 0 aliphatic carbocycles. The average Bonchev–Trinajstić information content (AvgIpc) is 3.24. The lowest BCUT2D eigenvalue weighted by Gasteiger charge is -2.35. The highest BCUT2D eigenvalue weighted by Gasteiger charge is 2.26. The predicted molar refractivity (Wildman–Crippen MR) is 124 cm³/mol. The first-order chi connectivity index (χ1) is 14.0. The average molecular weight is 447 g/mol. The number of ketones is 1. The molecule has 0 saturated carbocycles. The number of thiophene rings is 1. The first-order valence-corrected chi connectivity index (χ1v) is 12.0. The Bertz CT molecular complexity index is 1080. The van der Waals surface area contributed by atoms with Crippen LogP contribution in [0, 0.1) is 17.3 Å². The van der Waals surface area contributed by atoms with Crippen LogP contribution in [0.25, 0.3) is 12.2 Å². The molecule has 162 valence electrons. The number of Topliss-reactive ketones (excluding diaryl/α,β-unsaturated/α-hetero) is 1. The molecule has 0 bridgehead atoms. The van der Waals surface area contributed by atoms with E-state index in [2.05, 4.69) is 13.8 Å². The summed E-state index contributed by atoms with van der Waals surface area (Å²) in [5, 5.41) is 1.95. The van der Waals surface area contributed by atoms with Crippen LogP contribution < -0.4 is 14.8 Å². The van der Waals surface area contributed by atoms with Crippen LogP contribution in [0.1, 0.15) is 45.9 Å². The summed E-state index contributed by atoms with van der Waals surface area (Å²) in [7, 11) is 0. The molecule has 30 heavy (non-hydrogen) atoms. The number of likely N-dealkylation sites (tertiary alicyclic amines) is 1. The third-order valence-electron chi connectivity index (χ3n) is 5.26. The predicted octanol–water partition coefficient (Wildman–Crippen LogP) is 2.70. The third kappa shape index (κ3) is 5.38. The lowest BCUT2D eigenvalue weighted by Crippen LogP contribution is -2.46. The van der Waals surface area contributed by atoms with E-state index in [1.807, 2.05) is 49.3 Å². The zero-order valence-corrected chi connectivity index (χ0v) is 19.9. The molecule has 0 spiro atoms. The Morgan fingerprint density at radius 3 is 2.43 bits per heavy atom. The largest absolute Gasteiger partial charge is 0.341 e. The zero-order valence-electron chi connectivity index (χ0n) is 18.3. The molecule has 1 saturated heterocycles. The second-order valence-corrected chi connectivity index (χ2v) is 11.4. The highest BCUT2D eigenvalue weighted by Crippen LogP contribution is 2.21. The molecule has 3 rings (SSSR count). The van der Waals surface area contributed by atoms with Crippen molar-refractivity contribution in [1.29, 1.82) is 0 Å². The zero-order chi connectivity index (χ0) is 22.1. The molecule has 0 radical (unpaired) electrons. The van der Waals surface area contributed by atoms with E-state index in [-0.39, 0.29) is 23.8 Å². The number of thiazole rings is 1. The minimum Gasteiger partial charge on any atom is -0.341 e. The summed E-state index contributed by atoms with van der Waals surface area (Å²) in [6.45, 7) is 11.3. The van der Waals surface area contributed by atoms with Crippen LogP contribution in [-0.4, -0.2) is 34.2 Å². The van der Waals surface area contributed by atoms with E-state index >= 15 is 0 Å². The van der Waals surface area contributed by atoms with E-state index in [0.717, 1.165) is 24.4 Å². The van der Waals surface area contributed by atoms with Gasteiger partial charge >= 0.3 is 0 Å². The van der Waals surface area contributed by atoms with E-state index in [0.29, 0.717) is 21.0 Å². The van der Waals surface area contributed by atoms with E-state index in [9.17, 15) is 14.4 Å². The van der Waals surface area contributed by atoms with Gasteiger partial charge in [0.2, 0.25) is 5.91 Å². The van der Waals surface area contributed by atoms with E-state index < -0.39 is 5.41 Å². The summed E-state index contributed by atoms with van der Waals surface area (Å²) in [6, 6.07) is 3.88. The molecule has 0 unspecified atom stereocenters. The second kappa shape index (κ2) is 9.02. The number of rotatable bonds is 4. The van der Waals surface area contributed by atoms with Gasteiger partial charge in [-0.2, -0.15) is 0 Å². The highest BCUT2D eigenvalue weighted by molar-refractivity contribution is 7.11. The van der Waals surface area contributed by atoms with Gasteiger partial charge in [-0.3, -0.25) is 19.0 Å². The molecule has 0 aromatic carbocycles. The Kier molecular flexibility index (Phi) is 6.82. The standard InChI is InChI=1S/C23H30N2O3S2/c1-15-9-16(2)13-24(12-15)20(27)14-25-21(11-19(26)23(3,4)5)30-18(22(25)28)10-17-7-6-8-29-17/h6-8,10-11,15-16H,9,12-14H2,1-5H3/b18-10+,21-11-/t15-,16-/m0/s1. The summed E-state index contributed by atoms with van der Waals surface area (Å²) in [4.78, 5) is 41.6. The smallest absolute Gasteiger partial charge is 0.269 e. The van der Waals surface area contributed by atoms with Gasteiger partial charge in [-0.05, 0) is 35.8 Å². The van der Waals surface area contributed by atoms with Crippen molar-refractivity contribution in [3.63, 3.8) is 0 Å². The van der Waals surface area contributed by atoms with Crippen LogP contribution in [0.5, 0.6) is 0 Å². The quantitative estimate of drug-likeness (QED) is 0.726. The van der Waals surface area contributed by atoms with Gasteiger partial charge in [0.05, 0.1) is 4.53 Å². The first kappa shape index (κ1) is 22.7. The van der Waals surface area contributed by atoms with Gasteiger partial charge in [0.1, 0.15) is 11.2 Å². The minimum atomic E-state index is -0.551. The molecule has 2 aromatic heterocycles. The molecular weight excluding hydrogens is 416 g/mol. The first-order valence-electron chi connectivity index (χ1n) is 10.3. The minimum absolute atomic E-state index is 0.0314. The number of amides is 1. The fourth-order valence-electron chi connectivity index (χ4n) is 3.73. The van der Waals surface area contributed by atoms with Crippen LogP contribution in [-0.2, 0) is 16.1 Å².